The molecule has 0 aliphatic carbocycles. The fourth-order valence-corrected chi connectivity index (χ4v) is 4.54. The van der Waals surface area contributed by atoms with Gasteiger partial charge in [0.15, 0.2) is 10.8 Å². The molecule has 1 fully saturated rings. The summed E-state index contributed by atoms with van der Waals surface area (Å²) in [4.78, 5) is 24.3. The van der Waals surface area contributed by atoms with Crippen molar-refractivity contribution >= 4 is 45.0 Å². The highest BCUT2D eigenvalue weighted by molar-refractivity contribution is 7.89. The summed E-state index contributed by atoms with van der Waals surface area (Å²) in [6.45, 7) is -0.579. The van der Waals surface area contributed by atoms with E-state index in [2.05, 4.69) is 15.3 Å². The van der Waals surface area contributed by atoms with Gasteiger partial charge < -0.3 is 4.90 Å². The second kappa shape index (κ2) is 7.80. The Kier molecular flexibility index (Phi) is 5.43. The number of anilines is 3. The van der Waals surface area contributed by atoms with Crippen LogP contribution in [0.2, 0.25) is 5.02 Å². The molecule has 0 radical (unpaired) electrons. The first-order valence-electron chi connectivity index (χ1n) is 9.08. The monoisotopic (exact) mass is 476 g/mol. The van der Waals surface area contributed by atoms with Crippen LogP contribution in [0, 0.1) is 0 Å². The van der Waals surface area contributed by atoms with Crippen molar-refractivity contribution in [2.75, 3.05) is 34.8 Å². The number of nitrogens with zero attached hydrogens (tertiary/aromatic N) is 4. The van der Waals surface area contributed by atoms with E-state index in [9.17, 15) is 26.4 Å². The van der Waals surface area contributed by atoms with Crippen LogP contribution in [0.5, 0.6) is 0 Å². The number of nitrogens with one attached hydrogen (secondary N) is 2. The van der Waals surface area contributed by atoms with Gasteiger partial charge in [-0.2, -0.15) is 13.2 Å². The van der Waals surface area contributed by atoms with E-state index in [1.54, 1.807) is 6.07 Å². The normalized spacial score (nSPS) is 18.1. The number of carbonyl (C=O) groups is 1. The van der Waals surface area contributed by atoms with E-state index in [4.69, 9.17) is 11.6 Å². The van der Waals surface area contributed by atoms with Gasteiger partial charge in [-0.1, -0.05) is 11.6 Å². The van der Waals surface area contributed by atoms with Crippen molar-refractivity contribution in [3.63, 3.8) is 0 Å². The Labute approximate surface area is 180 Å². The number of urea groups is 1. The lowest BCUT2D eigenvalue weighted by atomic mass is 10.2. The molecule has 2 bridgehead atoms. The third kappa shape index (κ3) is 4.52. The van der Waals surface area contributed by atoms with Gasteiger partial charge in [0.1, 0.15) is 12.4 Å². The number of fused-ring (bicyclic) bond motifs is 4. The van der Waals surface area contributed by atoms with Crippen molar-refractivity contribution < 1.29 is 26.4 Å². The van der Waals surface area contributed by atoms with Gasteiger partial charge in [0, 0.05) is 19.3 Å². The largest absolute Gasteiger partial charge is 0.402 e. The van der Waals surface area contributed by atoms with Crippen LogP contribution in [0.4, 0.5) is 35.3 Å². The molecule has 4 heterocycles. The summed E-state index contributed by atoms with van der Waals surface area (Å²) >= 11 is 5.79. The second-order valence-electron chi connectivity index (χ2n) is 6.98. The lowest BCUT2D eigenvalue weighted by molar-refractivity contribution is -0.121. The first kappa shape index (κ1) is 21.6. The highest BCUT2D eigenvalue weighted by Gasteiger charge is 2.41. The zero-order chi connectivity index (χ0) is 22.4. The fraction of sp³-hybridized carbons (Fsp3) is 0.353. The van der Waals surface area contributed by atoms with E-state index in [1.165, 1.54) is 28.0 Å². The molecule has 2 aromatic rings. The SMILES string of the molecule is O=C(Nc1ccc(Cl)cn1)N1c2nc(S(=O)(=O)NCC(F)(F)F)ccc2N2CCC1C2. The van der Waals surface area contributed by atoms with Crippen molar-refractivity contribution in [1.82, 2.24) is 14.7 Å². The Bertz CT molecular complexity index is 1110. The van der Waals surface area contributed by atoms with Crippen molar-refractivity contribution in [2.45, 2.75) is 23.7 Å². The molecule has 2 aliphatic rings. The Morgan fingerprint density at radius 3 is 2.71 bits per heavy atom. The molecule has 9 nitrogen and oxygen atoms in total. The van der Waals surface area contributed by atoms with Crippen LogP contribution in [0.15, 0.2) is 35.5 Å². The van der Waals surface area contributed by atoms with Crippen LogP contribution in [0.25, 0.3) is 0 Å². The lowest BCUT2D eigenvalue weighted by Crippen LogP contribution is -2.48. The highest BCUT2D eigenvalue weighted by Crippen LogP contribution is 2.39. The van der Waals surface area contributed by atoms with Gasteiger partial charge >= 0.3 is 12.2 Å². The van der Waals surface area contributed by atoms with Crippen molar-refractivity contribution in [1.29, 1.82) is 0 Å². The molecule has 2 aromatic heterocycles. The predicted octanol–water partition coefficient (Wildman–Crippen LogP) is 2.60. The van der Waals surface area contributed by atoms with Gasteiger partial charge in [0.2, 0.25) is 0 Å². The van der Waals surface area contributed by atoms with Crippen molar-refractivity contribution in [3.05, 3.63) is 35.5 Å². The number of carbonyl (C=O) groups excluding carboxylic acids is 1. The van der Waals surface area contributed by atoms with E-state index >= 15 is 0 Å². The van der Waals surface area contributed by atoms with Gasteiger partial charge in [-0.05, 0) is 30.7 Å². The van der Waals surface area contributed by atoms with Gasteiger partial charge in [0.25, 0.3) is 10.0 Å². The van der Waals surface area contributed by atoms with Crippen LogP contribution in [-0.2, 0) is 10.0 Å². The zero-order valence-corrected chi connectivity index (χ0v) is 17.3. The Balaban J connectivity index is 1.66. The molecule has 0 saturated carbocycles. The smallest absolute Gasteiger partial charge is 0.366 e. The Hall–Kier alpha value is -2.64. The summed E-state index contributed by atoms with van der Waals surface area (Å²) in [6.07, 6.45) is -2.75. The van der Waals surface area contributed by atoms with Crippen LogP contribution >= 0.6 is 11.6 Å². The first-order chi connectivity index (χ1) is 14.5. The number of sulfonamides is 1. The second-order valence-corrected chi connectivity index (χ2v) is 9.13. The standard InChI is InChI=1S/C17H16ClF3N6O3S/c18-10-1-3-13(22-7-10)24-16(28)27-11-5-6-26(8-11)12-2-4-14(25-15(12)27)31(29,30)23-9-17(19,20)21/h1-4,7,11,23H,5-6,8-9H2,(H,22,24,28). The molecule has 1 unspecified atom stereocenters. The molecule has 2 aliphatic heterocycles. The molecule has 2 N–H and O–H groups in total. The lowest BCUT2D eigenvalue weighted by Gasteiger charge is -2.35. The molecule has 4 rings (SSSR count). The Morgan fingerprint density at radius 2 is 2.03 bits per heavy atom. The van der Waals surface area contributed by atoms with Crippen LogP contribution in [-0.4, -0.2) is 56.3 Å². The summed E-state index contributed by atoms with van der Waals surface area (Å²) in [5, 5.41) is 2.38. The molecule has 0 spiro atoms. The topological polar surface area (TPSA) is 108 Å². The summed E-state index contributed by atoms with van der Waals surface area (Å²) in [5.41, 5.74) is 0.516. The summed E-state index contributed by atoms with van der Waals surface area (Å²) in [6, 6.07) is 4.73. The minimum absolute atomic E-state index is 0.0510. The van der Waals surface area contributed by atoms with E-state index in [-0.39, 0.29) is 17.7 Å². The van der Waals surface area contributed by atoms with Crippen LogP contribution in [0.1, 0.15) is 6.42 Å². The number of hydrogen-bond donors (Lipinski definition) is 2. The third-order valence-corrected chi connectivity index (χ3v) is 6.37. The molecule has 0 aromatic carbocycles. The predicted molar refractivity (Wildman–Crippen MR) is 107 cm³/mol. The Morgan fingerprint density at radius 1 is 1.26 bits per heavy atom. The molecule has 31 heavy (non-hydrogen) atoms. The van der Waals surface area contributed by atoms with Crippen molar-refractivity contribution in [3.8, 4) is 0 Å². The average molecular weight is 477 g/mol. The van der Waals surface area contributed by atoms with E-state index in [0.29, 0.717) is 30.2 Å². The zero-order valence-electron chi connectivity index (χ0n) is 15.7. The first-order valence-corrected chi connectivity index (χ1v) is 10.9. The average Bonchev–Trinajstić information content (AvgIpc) is 3.12. The van der Waals surface area contributed by atoms with Gasteiger partial charge in [-0.25, -0.2) is 27.9 Å². The van der Waals surface area contributed by atoms with Gasteiger partial charge in [-0.3, -0.25) is 10.2 Å². The number of alkyl halides is 3. The number of halogens is 4. The third-order valence-electron chi connectivity index (χ3n) is 4.85. The fourth-order valence-electron chi connectivity index (χ4n) is 3.47. The van der Waals surface area contributed by atoms with E-state index in [0.717, 1.165) is 6.07 Å². The highest BCUT2D eigenvalue weighted by atomic mass is 35.5. The molecule has 1 saturated heterocycles. The molecule has 14 heteroatoms. The molecule has 166 valence electrons. The van der Waals surface area contributed by atoms with E-state index < -0.39 is 33.8 Å². The number of hydrogen-bond acceptors (Lipinski definition) is 6. The van der Waals surface area contributed by atoms with Crippen LogP contribution < -0.4 is 19.8 Å². The molecule has 1 atom stereocenters. The quantitative estimate of drug-likeness (QED) is 0.702. The molecular weight excluding hydrogens is 461 g/mol. The number of rotatable bonds is 4. The maximum absolute atomic E-state index is 13.0. The van der Waals surface area contributed by atoms with Gasteiger partial charge in [-0.15, -0.1) is 0 Å². The van der Waals surface area contributed by atoms with Crippen LogP contribution in [0.3, 0.4) is 0 Å². The summed E-state index contributed by atoms with van der Waals surface area (Å²) in [5.74, 6) is 0.280. The number of amides is 2. The van der Waals surface area contributed by atoms with E-state index in [1.807, 2.05) is 4.90 Å². The minimum Gasteiger partial charge on any atom is -0.366 e. The number of aromatic nitrogens is 2. The molecular formula is C17H16ClF3N6O3S. The number of pyridine rings is 2. The van der Waals surface area contributed by atoms with Gasteiger partial charge in [0.05, 0.1) is 16.8 Å². The maximum Gasteiger partial charge on any atom is 0.402 e. The maximum atomic E-state index is 13.0. The minimum atomic E-state index is -4.72. The summed E-state index contributed by atoms with van der Waals surface area (Å²) in [7, 11) is -4.54. The summed E-state index contributed by atoms with van der Waals surface area (Å²) < 4.78 is 63.5. The molecule has 2 amide bonds. The van der Waals surface area contributed by atoms with Crippen molar-refractivity contribution in [2.24, 2.45) is 0 Å².